The molecule has 1 rings (SSSR count). The zero-order valence-electron chi connectivity index (χ0n) is 8.93. The molecule has 0 saturated carbocycles. The summed E-state index contributed by atoms with van der Waals surface area (Å²) in [6.45, 7) is 0.153. The van der Waals surface area contributed by atoms with Crippen LogP contribution in [0.4, 0.5) is 18.9 Å². The van der Waals surface area contributed by atoms with Crippen LogP contribution in [0.15, 0.2) is 12.1 Å². The second-order valence-electron chi connectivity index (χ2n) is 3.25. The lowest BCUT2D eigenvalue weighted by molar-refractivity contribution is 0.449. The average Bonchev–Trinajstić information content (AvgIpc) is 2.27. The second-order valence-corrected chi connectivity index (χ2v) is 5.09. The molecule has 8 heteroatoms. The van der Waals surface area contributed by atoms with Crippen molar-refractivity contribution in [1.82, 2.24) is 5.32 Å². The second kappa shape index (κ2) is 5.37. The molecule has 0 aliphatic heterocycles. The van der Waals surface area contributed by atoms with Crippen LogP contribution in [-0.4, -0.2) is 27.8 Å². The van der Waals surface area contributed by atoms with Gasteiger partial charge in [-0.3, -0.25) is 4.72 Å². The smallest absolute Gasteiger partial charge is 0.234 e. The van der Waals surface area contributed by atoms with Crippen molar-refractivity contribution in [1.29, 1.82) is 0 Å². The summed E-state index contributed by atoms with van der Waals surface area (Å²) in [6.07, 6.45) is 0. The van der Waals surface area contributed by atoms with Gasteiger partial charge < -0.3 is 5.32 Å². The van der Waals surface area contributed by atoms with Crippen molar-refractivity contribution in [3.8, 4) is 0 Å². The first kappa shape index (κ1) is 13.8. The molecular formula is C9H11F3N2O2S. The van der Waals surface area contributed by atoms with Gasteiger partial charge in [0.1, 0.15) is 0 Å². The fourth-order valence-corrected chi connectivity index (χ4v) is 2.13. The molecular weight excluding hydrogens is 257 g/mol. The highest BCUT2D eigenvalue weighted by Crippen LogP contribution is 2.20. The van der Waals surface area contributed by atoms with E-state index in [2.05, 4.69) is 5.32 Å². The van der Waals surface area contributed by atoms with Crippen LogP contribution in [0.5, 0.6) is 0 Å². The minimum Gasteiger partial charge on any atom is -0.319 e. The van der Waals surface area contributed by atoms with E-state index in [-0.39, 0.29) is 12.3 Å². The molecule has 0 radical (unpaired) electrons. The minimum atomic E-state index is -3.79. The summed E-state index contributed by atoms with van der Waals surface area (Å²) >= 11 is 0. The topological polar surface area (TPSA) is 58.2 Å². The number of halogens is 3. The van der Waals surface area contributed by atoms with Crippen molar-refractivity contribution in [3.63, 3.8) is 0 Å². The Balaban J connectivity index is 2.93. The summed E-state index contributed by atoms with van der Waals surface area (Å²) in [4.78, 5) is 0. The minimum absolute atomic E-state index is 0.153. The highest BCUT2D eigenvalue weighted by molar-refractivity contribution is 7.92. The number of benzene rings is 1. The molecule has 0 fully saturated rings. The van der Waals surface area contributed by atoms with Gasteiger partial charge in [0.15, 0.2) is 17.5 Å². The molecule has 0 spiro atoms. The van der Waals surface area contributed by atoms with E-state index in [0.717, 1.165) is 6.07 Å². The van der Waals surface area contributed by atoms with Crippen molar-refractivity contribution in [2.75, 3.05) is 24.1 Å². The van der Waals surface area contributed by atoms with Gasteiger partial charge in [-0.2, -0.15) is 0 Å². The Hall–Kier alpha value is -1.28. The molecule has 0 aliphatic carbocycles. The summed E-state index contributed by atoms with van der Waals surface area (Å²) in [7, 11) is -2.24. The Kier molecular flexibility index (Phi) is 4.35. The van der Waals surface area contributed by atoms with Crippen LogP contribution in [-0.2, 0) is 10.0 Å². The monoisotopic (exact) mass is 268 g/mol. The van der Waals surface area contributed by atoms with Gasteiger partial charge in [-0.1, -0.05) is 0 Å². The zero-order chi connectivity index (χ0) is 13.1. The van der Waals surface area contributed by atoms with E-state index in [4.69, 9.17) is 0 Å². The van der Waals surface area contributed by atoms with Crippen molar-refractivity contribution in [2.24, 2.45) is 0 Å². The van der Waals surface area contributed by atoms with Crippen molar-refractivity contribution >= 4 is 15.7 Å². The highest BCUT2D eigenvalue weighted by Gasteiger charge is 2.17. The molecule has 1 aromatic carbocycles. The molecule has 0 aliphatic rings. The van der Waals surface area contributed by atoms with Crippen molar-refractivity contribution in [2.45, 2.75) is 0 Å². The molecule has 4 nitrogen and oxygen atoms in total. The van der Waals surface area contributed by atoms with E-state index in [1.54, 1.807) is 7.05 Å². The average molecular weight is 268 g/mol. The molecule has 1 aromatic rings. The van der Waals surface area contributed by atoms with E-state index in [1.165, 1.54) is 0 Å². The number of sulfonamides is 1. The maximum absolute atomic E-state index is 13.2. The van der Waals surface area contributed by atoms with Crippen LogP contribution in [0.25, 0.3) is 0 Å². The van der Waals surface area contributed by atoms with Crippen LogP contribution >= 0.6 is 0 Å². The summed E-state index contributed by atoms with van der Waals surface area (Å²) in [6, 6.07) is 1.47. The van der Waals surface area contributed by atoms with Gasteiger partial charge in [0, 0.05) is 6.54 Å². The van der Waals surface area contributed by atoms with Crippen LogP contribution in [0, 0.1) is 17.5 Å². The van der Waals surface area contributed by atoms with Gasteiger partial charge >= 0.3 is 0 Å². The molecule has 0 heterocycles. The van der Waals surface area contributed by atoms with Crippen LogP contribution in [0.1, 0.15) is 0 Å². The summed E-state index contributed by atoms with van der Waals surface area (Å²) in [5.41, 5.74) is -0.611. The largest absolute Gasteiger partial charge is 0.319 e. The lowest BCUT2D eigenvalue weighted by Crippen LogP contribution is -2.25. The van der Waals surface area contributed by atoms with E-state index in [0.29, 0.717) is 6.07 Å². The standard InChI is InChI=1S/C9H11F3N2O2S/c1-13-4-5-17(15,16)14-7-3-2-6(10)8(11)9(7)12/h2-3,13-14H,4-5H2,1H3. The SMILES string of the molecule is CNCCS(=O)(=O)Nc1ccc(F)c(F)c1F. The van der Waals surface area contributed by atoms with Gasteiger partial charge in [0.05, 0.1) is 11.4 Å². The Bertz CT molecular complexity index is 505. The first-order chi connectivity index (χ1) is 7.87. The lowest BCUT2D eigenvalue weighted by atomic mass is 10.3. The van der Waals surface area contributed by atoms with E-state index >= 15 is 0 Å². The van der Waals surface area contributed by atoms with Crippen LogP contribution in [0.2, 0.25) is 0 Å². The number of hydrogen-bond acceptors (Lipinski definition) is 3. The summed E-state index contributed by atoms with van der Waals surface area (Å²) in [5, 5.41) is 2.60. The summed E-state index contributed by atoms with van der Waals surface area (Å²) in [5.74, 6) is -4.94. The molecule has 0 aromatic heterocycles. The molecule has 96 valence electrons. The van der Waals surface area contributed by atoms with E-state index in [1.807, 2.05) is 4.72 Å². The zero-order valence-corrected chi connectivity index (χ0v) is 9.74. The van der Waals surface area contributed by atoms with Crippen LogP contribution in [0.3, 0.4) is 0 Å². The highest BCUT2D eigenvalue weighted by atomic mass is 32.2. The third-order valence-electron chi connectivity index (χ3n) is 1.92. The molecule has 0 amide bonds. The Morgan fingerprint density at radius 2 is 1.82 bits per heavy atom. The fourth-order valence-electron chi connectivity index (χ4n) is 1.06. The van der Waals surface area contributed by atoms with Gasteiger partial charge in [0.25, 0.3) is 0 Å². The third-order valence-corrected chi connectivity index (χ3v) is 3.19. The lowest BCUT2D eigenvalue weighted by Gasteiger charge is -2.09. The van der Waals surface area contributed by atoms with Crippen LogP contribution < -0.4 is 10.0 Å². The quantitative estimate of drug-likeness (QED) is 0.785. The number of hydrogen-bond donors (Lipinski definition) is 2. The predicted molar refractivity (Wildman–Crippen MR) is 57.7 cm³/mol. The maximum Gasteiger partial charge on any atom is 0.234 e. The van der Waals surface area contributed by atoms with E-state index in [9.17, 15) is 21.6 Å². The summed E-state index contributed by atoms with van der Waals surface area (Å²) < 4.78 is 63.2. The molecule has 0 unspecified atom stereocenters. The van der Waals surface area contributed by atoms with Gasteiger partial charge in [-0.15, -0.1) is 0 Å². The first-order valence-electron chi connectivity index (χ1n) is 4.66. The molecule has 2 N–H and O–H groups in total. The fraction of sp³-hybridized carbons (Fsp3) is 0.333. The Morgan fingerprint density at radius 3 is 2.41 bits per heavy atom. The van der Waals surface area contributed by atoms with Crippen molar-refractivity contribution in [3.05, 3.63) is 29.6 Å². The normalized spacial score (nSPS) is 11.5. The number of rotatable bonds is 5. The molecule has 0 atom stereocenters. The van der Waals surface area contributed by atoms with Gasteiger partial charge in [-0.05, 0) is 19.2 Å². The molecule has 0 saturated heterocycles. The third kappa shape index (κ3) is 3.60. The molecule has 17 heavy (non-hydrogen) atoms. The molecule has 0 bridgehead atoms. The van der Waals surface area contributed by atoms with Crippen molar-refractivity contribution < 1.29 is 21.6 Å². The number of nitrogens with one attached hydrogen (secondary N) is 2. The maximum atomic E-state index is 13.2. The Labute approximate surface area is 96.9 Å². The number of anilines is 1. The Morgan fingerprint density at radius 1 is 1.18 bits per heavy atom. The van der Waals surface area contributed by atoms with E-state index < -0.39 is 33.2 Å². The first-order valence-corrected chi connectivity index (χ1v) is 6.31. The van der Waals surface area contributed by atoms with Gasteiger partial charge in [-0.25, -0.2) is 21.6 Å². The van der Waals surface area contributed by atoms with Gasteiger partial charge in [0.2, 0.25) is 10.0 Å². The predicted octanol–water partition coefficient (Wildman–Crippen LogP) is 1.06.